The normalized spacial score (nSPS) is 10.5. The van der Waals surface area contributed by atoms with E-state index in [-0.39, 0.29) is 12.3 Å². The first-order valence-corrected chi connectivity index (χ1v) is 7.50. The third-order valence-electron chi connectivity index (χ3n) is 3.42. The summed E-state index contributed by atoms with van der Waals surface area (Å²) < 4.78 is 15.4. The molecule has 2 heterocycles. The van der Waals surface area contributed by atoms with Crippen LogP contribution in [0.15, 0.2) is 51.6 Å². The molecule has 2 aromatic heterocycles. The van der Waals surface area contributed by atoms with Crippen molar-refractivity contribution in [2.24, 2.45) is 0 Å². The van der Waals surface area contributed by atoms with Crippen LogP contribution < -0.4 is 10.1 Å². The van der Waals surface area contributed by atoms with Crippen molar-refractivity contribution in [3.63, 3.8) is 0 Å². The van der Waals surface area contributed by atoms with Gasteiger partial charge >= 0.3 is 0 Å². The maximum Gasteiger partial charge on any atom is 0.238 e. The van der Waals surface area contributed by atoms with E-state index in [1.807, 2.05) is 24.3 Å². The highest BCUT2D eigenvalue weighted by Crippen LogP contribution is 2.16. The van der Waals surface area contributed by atoms with E-state index in [1.54, 1.807) is 19.2 Å². The van der Waals surface area contributed by atoms with Gasteiger partial charge in [-0.05, 0) is 29.8 Å². The van der Waals surface area contributed by atoms with E-state index >= 15 is 0 Å². The molecule has 0 fully saturated rings. The van der Waals surface area contributed by atoms with Gasteiger partial charge in [0.1, 0.15) is 5.75 Å². The Labute approximate surface area is 138 Å². The Morgan fingerprint density at radius 2 is 2.08 bits per heavy atom. The van der Waals surface area contributed by atoms with Crippen molar-refractivity contribution in [2.75, 3.05) is 7.11 Å². The van der Waals surface area contributed by atoms with Gasteiger partial charge in [-0.1, -0.05) is 17.3 Å². The molecule has 0 radical (unpaired) electrons. The summed E-state index contributed by atoms with van der Waals surface area (Å²) in [7, 11) is 1.62. The van der Waals surface area contributed by atoms with Gasteiger partial charge in [-0.25, -0.2) is 0 Å². The smallest absolute Gasteiger partial charge is 0.238 e. The first-order chi connectivity index (χ1) is 11.7. The number of furan rings is 1. The summed E-state index contributed by atoms with van der Waals surface area (Å²) in [5.74, 6) is 2.03. The molecule has 124 valence electrons. The number of rotatable bonds is 7. The zero-order chi connectivity index (χ0) is 16.8. The quantitative estimate of drug-likeness (QED) is 0.717. The number of aromatic nitrogens is 2. The van der Waals surface area contributed by atoms with Crippen LogP contribution in [0.25, 0.3) is 11.6 Å². The Balaban J connectivity index is 1.45. The molecule has 0 spiro atoms. The fourth-order valence-corrected chi connectivity index (χ4v) is 2.12. The largest absolute Gasteiger partial charge is 0.497 e. The summed E-state index contributed by atoms with van der Waals surface area (Å²) >= 11 is 0. The molecule has 1 amide bonds. The SMILES string of the molecule is COc1ccc(CNC(=O)CCc2nc(-c3ccco3)no2)cc1. The fraction of sp³-hybridized carbons (Fsp3) is 0.235. The van der Waals surface area contributed by atoms with Gasteiger partial charge in [-0.15, -0.1) is 0 Å². The number of nitrogens with one attached hydrogen (secondary N) is 1. The van der Waals surface area contributed by atoms with E-state index in [2.05, 4.69) is 15.5 Å². The molecule has 0 bridgehead atoms. The minimum Gasteiger partial charge on any atom is -0.497 e. The number of aryl methyl sites for hydroxylation is 1. The van der Waals surface area contributed by atoms with Gasteiger partial charge in [0.2, 0.25) is 17.6 Å². The van der Waals surface area contributed by atoms with Crippen molar-refractivity contribution in [2.45, 2.75) is 19.4 Å². The van der Waals surface area contributed by atoms with Gasteiger partial charge < -0.3 is 19.0 Å². The van der Waals surface area contributed by atoms with Gasteiger partial charge in [-0.3, -0.25) is 4.79 Å². The second kappa shape index (κ2) is 7.45. The number of nitrogens with zero attached hydrogens (tertiary/aromatic N) is 2. The molecule has 24 heavy (non-hydrogen) atoms. The number of benzene rings is 1. The lowest BCUT2D eigenvalue weighted by atomic mass is 10.2. The summed E-state index contributed by atoms with van der Waals surface area (Å²) in [4.78, 5) is 16.1. The van der Waals surface area contributed by atoms with E-state index < -0.39 is 0 Å². The number of methoxy groups -OCH3 is 1. The number of amides is 1. The maximum absolute atomic E-state index is 11.9. The minimum atomic E-state index is -0.0800. The minimum absolute atomic E-state index is 0.0800. The molecule has 0 saturated heterocycles. The molecule has 0 aliphatic carbocycles. The lowest BCUT2D eigenvalue weighted by Gasteiger charge is -2.05. The first-order valence-electron chi connectivity index (χ1n) is 7.50. The van der Waals surface area contributed by atoms with Gasteiger partial charge in [0, 0.05) is 19.4 Å². The van der Waals surface area contributed by atoms with Crippen LogP contribution in [0.4, 0.5) is 0 Å². The molecule has 0 atom stereocenters. The molecule has 1 aromatic carbocycles. The average molecular weight is 327 g/mol. The molecule has 3 rings (SSSR count). The fourth-order valence-electron chi connectivity index (χ4n) is 2.12. The molecule has 1 N–H and O–H groups in total. The third kappa shape index (κ3) is 4.01. The lowest BCUT2D eigenvalue weighted by Crippen LogP contribution is -2.23. The average Bonchev–Trinajstić information content (AvgIpc) is 3.29. The lowest BCUT2D eigenvalue weighted by molar-refractivity contribution is -0.121. The van der Waals surface area contributed by atoms with Gasteiger partial charge in [0.25, 0.3) is 0 Å². The molecule has 0 aliphatic rings. The van der Waals surface area contributed by atoms with Crippen molar-refractivity contribution in [3.8, 4) is 17.3 Å². The number of ether oxygens (including phenoxy) is 1. The first kappa shape index (κ1) is 15.8. The van der Waals surface area contributed by atoms with Gasteiger partial charge in [0.05, 0.1) is 13.4 Å². The van der Waals surface area contributed by atoms with Crippen molar-refractivity contribution in [1.82, 2.24) is 15.5 Å². The number of hydrogen-bond acceptors (Lipinski definition) is 6. The van der Waals surface area contributed by atoms with Gasteiger partial charge in [-0.2, -0.15) is 4.98 Å². The summed E-state index contributed by atoms with van der Waals surface area (Å²) in [5, 5.41) is 6.68. The highest BCUT2D eigenvalue weighted by molar-refractivity contribution is 5.76. The standard InChI is InChI=1S/C17H17N3O4/c1-22-13-6-4-12(5-7-13)11-18-15(21)8-9-16-19-17(20-24-16)14-3-2-10-23-14/h2-7,10H,8-9,11H2,1H3,(H,18,21). The van der Waals surface area contributed by atoms with Crippen molar-refractivity contribution in [1.29, 1.82) is 0 Å². The van der Waals surface area contributed by atoms with Crippen LogP contribution in [-0.4, -0.2) is 23.2 Å². The number of hydrogen-bond donors (Lipinski definition) is 1. The van der Waals surface area contributed by atoms with E-state index in [1.165, 1.54) is 6.26 Å². The molecular weight excluding hydrogens is 310 g/mol. The van der Waals surface area contributed by atoms with E-state index in [0.29, 0.717) is 30.4 Å². The maximum atomic E-state index is 11.9. The zero-order valence-electron chi connectivity index (χ0n) is 13.2. The Morgan fingerprint density at radius 1 is 1.25 bits per heavy atom. The highest BCUT2D eigenvalue weighted by atomic mass is 16.5. The molecule has 7 heteroatoms. The Kier molecular flexibility index (Phi) is 4.90. The summed E-state index contributed by atoms with van der Waals surface area (Å²) in [5.41, 5.74) is 1.00. The van der Waals surface area contributed by atoms with Crippen molar-refractivity contribution >= 4 is 5.91 Å². The molecule has 3 aromatic rings. The molecule has 7 nitrogen and oxygen atoms in total. The number of carbonyl (C=O) groups is 1. The number of carbonyl (C=O) groups excluding carboxylic acids is 1. The third-order valence-corrected chi connectivity index (χ3v) is 3.42. The Bertz CT molecular complexity index is 779. The van der Waals surface area contributed by atoms with Crippen LogP contribution in [-0.2, 0) is 17.8 Å². The van der Waals surface area contributed by atoms with Crippen LogP contribution in [0.1, 0.15) is 17.9 Å². The van der Waals surface area contributed by atoms with Crippen LogP contribution in [0.2, 0.25) is 0 Å². The summed E-state index contributed by atoms with van der Waals surface area (Å²) in [6, 6.07) is 11.0. The predicted octanol–water partition coefficient (Wildman–Crippen LogP) is 2.59. The second-order valence-corrected chi connectivity index (χ2v) is 5.11. The topological polar surface area (TPSA) is 90.4 Å². The molecule has 0 aliphatic heterocycles. The second-order valence-electron chi connectivity index (χ2n) is 5.11. The Morgan fingerprint density at radius 3 is 2.79 bits per heavy atom. The van der Waals surface area contributed by atoms with E-state index in [4.69, 9.17) is 13.7 Å². The molecular formula is C17H17N3O4. The molecule has 0 saturated carbocycles. The van der Waals surface area contributed by atoms with Gasteiger partial charge in [0.15, 0.2) is 5.76 Å². The van der Waals surface area contributed by atoms with Crippen LogP contribution >= 0.6 is 0 Å². The van der Waals surface area contributed by atoms with E-state index in [0.717, 1.165) is 11.3 Å². The van der Waals surface area contributed by atoms with Crippen LogP contribution in [0.3, 0.4) is 0 Å². The van der Waals surface area contributed by atoms with Crippen molar-refractivity contribution < 1.29 is 18.5 Å². The summed E-state index contributed by atoms with van der Waals surface area (Å²) in [6.07, 6.45) is 2.19. The van der Waals surface area contributed by atoms with Crippen LogP contribution in [0, 0.1) is 0 Å². The highest BCUT2D eigenvalue weighted by Gasteiger charge is 2.12. The van der Waals surface area contributed by atoms with Crippen molar-refractivity contribution in [3.05, 3.63) is 54.1 Å². The van der Waals surface area contributed by atoms with E-state index in [9.17, 15) is 4.79 Å². The zero-order valence-corrected chi connectivity index (χ0v) is 13.2. The summed E-state index contributed by atoms with van der Waals surface area (Å²) in [6.45, 7) is 0.463. The Hall–Kier alpha value is -3.09. The molecule has 0 unspecified atom stereocenters. The van der Waals surface area contributed by atoms with Crippen LogP contribution in [0.5, 0.6) is 5.75 Å². The predicted molar refractivity (Wildman–Crippen MR) is 85.2 cm³/mol. The monoisotopic (exact) mass is 327 g/mol.